The van der Waals surface area contributed by atoms with Crippen molar-refractivity contribution in [3.05, 3.63) is 79.6 Å². The number of nitrogens with one attached hydrogen (secondary N) is 1. The standard InChI is InChI=1S/C23H20INO4/c1-4-29-17-10-9-13(11-16(17)24)19-18(23(27)28-3)12(2)25-21-14-7-5-6-8-15(14)22(26)20(19)21/h5-11,19,25H,4H2,1-3H3/t19-/m0/s1. The van der Waals surface area contributed by atoms with Crippen molar-refractivity contribution in [2.75, 3.05) is 13.7 Å². The van der Waals surface area contributed by atoms with Crippen molar-refractivity contribution in [3.63, 3.8) is 0 Å². The highest BCUT2D eigenvalue weighted by atomic mass is 127. The third-order valence-corrected chi connectivity index (χ3v) is 6.09. The molecule has 0 amide bonds. The van der Waals surface area contributed by atoms with Crippen molar-refractivity contribution in [1.29, 1.82) is 0 Å². The number of hydrogen-bond acceptors (Lipinski definition) is 5. The third kappa shape index (κ3) is 3.15. The highest BCUT2D eigenvalue weighted by molar-refractivity contribution is 14.1. The van der Waals surface area contributed by atoms with E-state index in [1.54, 1.807) is 0 Å². The fourth-order valence-electron chi connectivity index (χ4n) is 4.01. The van der Waals surface area contributed by atoms with E-state index in [4.69, 9.17) is 9.47 Å². The maximum atomic E-state index is 13.3. The van der Waals surface area contributed by atoms with Crippen LogP contribution in [0.1, 0.15) is 41.3 Å². The summed E-state index contributed by atoms with van der Waals surface area (Å²) < 4.78 is 11.6. The van der Waals surface area contributed by atoms with Crippen LogP contribution in [0.4, 0.5) is 0 Å². The summed E-state index contributed by atoms with van der Waals surface area (Å²) in [5, 5.41) is 3.29. The first-order chi connectivity index (χ1) is 14.0. The molecule has 2 aromatic rings. The smallest absolute Gasteiger partial charge is 0.336 e. The van der Waals surface area contributed by atoms with Crippen molar-refractivity contribution in [2.45, 2.75) is 19.8 Å². The molecule has 6 heteroatoms. The van der Waals surface area contributed by atoms with E-state index in [-0.39, 0.29) is 5.78 Å². The number of halogens is 1. The van der Waals surface area contributed by atoms with Crippen LogP contribution in [0.5, 0.6) is 5.75 Å². The molecule has 0 saturated heterocycles. The van der Waals surface area contributed by atoms with Gasteiger partial charge in [0.15, 0.2) is 5.78 Å². The second-order valence-corrected chi connectivity index (χ2v) is 8.04. The topological polar surface area (TPSA) is 64.6 Å². The van der Waals surface area contributed by atoms with Crippen molar-refractivity contribution < 1.29 is 19.1 Å². The number of fused-ring (bicyclic) bond motifs is 2. The number of hydrogen-bond donors (Lipinski definition) is 1. The minimum Gasteiger partial charge on any atom is -0.493 e. The summed E-state index contributed by atoms with van der Waals surface area (Å²) in [5.74, 6) is -0.241. The van der Waals surface area contributed by atoms with Crippen LogP contribution in [0, 0.1) is 3.57 Å². The summed E-state index contributed by atoms with van der Waals surface area (Å²) in [4.78, 5) is 26.0. The first-order valence-corrected chi connectivity index (χ1v) is 10.4. The van der Waals surface area contributed by atoms with Gasteiger partial charge in [0.05, 0.1) is 28.6 Å². The molecule has 0 fully saturated rings. The van der Waals surface area contributed by atoms with Gasteiger partial charge < -0.3 is 14.8 Å². The fraction of sp³-hybridized carbons (Fsp3) is 0.217. The highest BCUT2D eigenvalue weighted by Crippen LogP contribution is 2.47. The van der Waals surface area contributed by atoms with Crippen LogP contribution in [0.25, 0.3) is 5.70 Å². The number of ketones is 1. The molecule has 2 aliphatic rings. The molecule has 5 nitrogen and oxygen atoms in total. The molecule has 0 radical (unpaired) electrons. The molecule has 1 aliphatic carbocycles. The Bertz CT molecular complexity index is 1100. The molecule has 0 bridgehead atoms. The molecule has 0 unspecified atom stereocenters. The average Bonchev–Trinajstić information content (AvgIpc) is 3.00. The molecule has 1 atom stereocenters. The van der Waals surface area contributed by atoms with Gasteiger partial charge in [0.1, 0.15) is 5.75 Å². The number of dihydropyridines is 1. The first kappa shape index (κ1) is 19.7. The lowest BCUT2D eigenvalue weighted by atomic mass is 9.80. The number of allylic oxidation sites excluding steroid dienone is 2. The monoisotopic (exact) mass is 501 g/mol. The van der Waals surface area contributed by atoms with Gasteiger partial charge in [0.25, 0.3) is 0 Å². The Morgan fingerprint density at radius 1 is 1.17 bits per heavy atom. The predicted molar refractivity (Wildman–Crippen MR) is 119 cm³/mol. The van der Waals surface area contributed by atoms with E-state index in [1.807, 2.05) is 56.3 Å². The number of ether oxygens (including phenoxy) is 2. The van der Waals surface area contributed by atoms with E-state index < -0.39 is 11.9 Å². The Morgan fingerprint density at radius 3 is 2.55 bits per heavy atom. The van der Waals surface area contributed by atoms with E-state index in [1.165, 1.54) is 7.11 Å². The Kier molecular flexibility index (Phi) is 5.21. The van der Waals surface area contributed by atoms with E-state index in [2.05, 4.69) is 27.9 Å². The van der Waals surface area contributed by atoms with E-state index in [0.29, 0.717) is 29.0 Å². The first-order valence-electron chi connectivity index (χ1n) is 9.34. The Balaban J connectivity index is 1.92. The Hall–Kier alpha value is -2.61. The zero-order chi connectivity index (χ0) is 20.7. The third-order valence-electron chi connectivity index (χ3n) is 5.24. The van der Waals surface area contributed by atoms with Crippen molar-refractivity contribution in [2.24, 2.45) is 0 Å². The summed E-state index contributed by atoms with van der Waals surface area (Å²) in [6.45, 7) is 4.34. The fourth-order valence-corrected chi connectivity index (χ4v) is 4.71. The minimum absolute atomic E-state index is 0.0640. The van der Waals surface area contributed by atoms with Gasteiger partial charge in [-0.15, -0.1) is 0 Å². The van der Waals surface area contributed by atoms with Gasteiger partial charge in [0.2, 0.25) is 0 Å². The molecule has 1 heterocycles. The van der Waals surface area contributed by atoms with Crippen LogP contribution in [0.3, 0.4) is 0 Å². The minimum atomic E-state index is -0.511. The molecule has 4 rings (SSSR count). The largest absolute Gasteiger partial charge is 0.493 e. The van der Waals surface area contributed by atoms with Gasteiger partial charge in [-0.05, 0) is 54.1 Å². The van der Waals surface area contributed by atoms with Crippen LogP contribution >= 0.6 is 22.6 Å². The predicted octanol–water partition coefficient (Wildman–Crippen LogP) is 4.43. The summed E-state index contributed by atoms with van der Waals surface area (Å²) in [7, 11) is 1.36. The molecule has 0 saturated carbocycles. The van der Waals surface area contributed by atoms with E-state index in [9.17, 15) is 9.59 Å². The van der Waals surface area contributed by atoms with Crippen molar-refractivity contribution in [3.8, 4) is 5.75 Å². The summed E-state index contributed by atoms with van der Waals surface area (Å²) in [6, 6.07) is 13.3. The second kappa shape index (κ2) is 7.67. The van der Waals surface area contributed by atoms with Gasteiger partial charge in [-0.2, -0.15) is 0 Å². The van der Waals surface area contributed by atoms with Gasteiger partial charge in [-0.1, -0.05) is 30.3 Å². The maximum Gasteiger partial charge on any atom is 0.336 e. The van der Waals surface area contributed by atoms with E-state index >= 15 is 0 Å². The lowest BCUT2D eigenvalue weighted by Gasteiger charge is -2.29. The number of Topliss-reactive ketones (excluding diaryl/α,β-unsaturated/α-hetero) is 1. The number of rotatable bonds is 4. The van der Waals surface area contributed by atoms with Crippen LogP contribution in [0.2, 0.25) is 0 Å². The van der Waals surface area contributed by atoms with Crippen molar-refractivity contribution >= 4 is 40.0 Å². The zero-order valence-corrected chi connectivity index (χ0v) is 18.5. The number of benzene rings is 2. The molecule has 0 aromatic heterocycles. The molecule has 1 aliphatic heterocycles. The highest BCUT2D eigenvalue weighted by Gasteiger charge is 2.42. The Morgan fingerprint density at radius 2 is 1.90 bits per heavy atom. The normalized spacial score (nSPS) is 17.7. The quantitative estimate of drug-likeness (QED) is 0.496. The van der Waals surface area contributed by atoms with Crippen LogP contribution in [0.15, 0.2) is 59.3 Å². The molecule has 1 N–H and O–H groups in total. The summed E-state index contributed by atoms with van der Waals surface area (Å²) >= 11 is 2.22. The van der Waals surface area contributed by atoms with Crippen LogP contribution in [-0.2, 0) is 9.53 Å². The molecular weight excluding hydrogens is 481 g/mol. The molecule has 148 valence electrons. The lowest BCUT2D eigenvalue weighted by Crippen LogP contribution is -2.29. The van der Waals surface area contributed by atoms with Gasteiger partial charge in [-0.25, -0.2) is 4.79 Å². The number of carbonyl (C=O) groups excluding carboxylic acids is 2. The van der Waals surface area contributed by atoms with Gasteiger partial charge in [0, 0.05) is 28.3 Å². The van der Waals surface area contributed by atoms with Crippen LogP contribution in [-0.4, -0.2) is 25.5 Å². The number of methoxy groups -OCH3 is 1. The zero-order valence-electron chi connectivity index (χ0n) is 16.3. The van der Waals surface area contributed by atoms with Gasteiger partial charge in [-0.3, -0.25) is 4.79 Å². The molecule has 0 spiro atoms. The van der Waals surface area contributed by atoms with Crippen LogP contribution < -0.4 is 10.1 Å². The molecule has 29 heavy (non-hydrogen) atoms. The number of carbonyl (C=O) groups is 2. The summed E-state index contributed by atoms with van der Waals surface area (Å²) in [5.41, 5.74) is 4.85. The molecular formula is C23H20INO4. The Labute approximate surface area is 182 Å². The summed E-state index contributed by atoms with van der Waals surface area (Å²) in [6.07, 6.45) is 0. The van der Waals surface area contributed by atoms with E-state index in [0.717, 1.165) is 26.1 Å². The lowest BCUT2D eigenvalue weighted by molar-refractivity contribution is -0.136. The molecule has 2 aromatic carbocycles. The van der Waals surface area contributed by atoms with Gasteiger partial charge >= 0.3 is 5.97 Å². The second-order valence-electron chi connectivity index (χ2n) is 6.87. The maximum absolute atomic E-state index is 13.3. The SMILES string of the molecule is CCOc1ccc([C@H]2C(C(=O)OC)=C(C)NC3=C2C(=O)c2ccccc23)cc1I. The average molecular weight is 501 g/mol. The van der Waals surface area contributed by atoms with Crippen molar-refractivity contribution in [1.82, 2.24) is 5.32 Å². The number of esters is 1.